The fraction of sp³-hybridized carbons (Fsp3) is 0.258. The van der Waals surface area contributed by atoms with Gasteiger partial charge in [-0.3, -0.25) is 9.78 Å². The molecule has 2 aromatic heterocycles. The van der Waals surface area contributed by atoms with Crippen LogP contribution in [0.5, 0.6) is 0 Å². The van der Waals surface area contributed by atoms with Gasteiger partial charge in [-0.05, 0) is 86.2 Å². The highest BCUT2D eigenvalue weighted by Crippen LogP contribution is 2.41. The van der Waals surface area contributed by atoms with Crippen molar-refractivity contribution in [2.75, 3.05) is 30.9 Å². The quantitative estimate of drug-likeness (QED) is 0.287. The second-order valence-corrected chi connectivity index (χ2v) is 10.4. The number of carbonyl (C=O) groups excluding carboxylic acids is 1. The standard InChI is InChI=1S/C31H34N6OS/c1-21-20-26(22(2)37(21)25-15-13-24(14-16-25)35(3)4)30-29(27-12-8-9-18-32-27)34-31(39)36(30)19-17-28(38)33-23-10-6-5-7-11-23/h5-16,18,20,29-30H,17,19H2,1-4H3,(H,33,38)(H,34,39)/t29-,30+/m0/s1. The maximum absolute atomic E-state index is 12.8. The first kappa shape index (κ1) is 26.4. The third-order valence-corrected chi connectivity index (χ3v) is 7.60. The molecule has 0 aliphatic carbocycles. The van der Waals surface area contributed by atoms with Crippen molar-refractivity contribution in [2.45, 2.75) is 32.4 Å². The van der Waals surface area contributed by atoms with Gasteiger partial charge in [-0.2, -0.15) is 0 Å². The number of nitrogens with one attached hydrogen (secondary N) is 2. The van der Waals surface area contributed by atoms with E-state index in [0.29, 0.717) is 18.1 Å². The molecule has 0 spiro atoms. The fourth-order valence-corrected chi connectivity index (χ4v) is 5.67. The lowest BCUT2D eigenvalue weighted by Crippen LogP contribution is -2.32. The summed E-state index contributed by atoms with van der Waals surface area (Å²) in [6.07, 6.45) is 2.12. The summed E-state index contributed by atoms with van der Waals surface area (Å²) in [6, 6.07) is 26.0. The zero-order chi connectivity index (χ0) is 27.5. The Balaban J connectivity index is 1.47. The van der Waals surface area contributed by atoms with Gasteiger partial charge in [0.2, 0.25) is 5.91 Å². The molecule has 1 saturated heterocycles. The van der Waals surface area contributed by atoms with Gasteiger partial charge >= 0.3 is 0 Å². The minimum Gasteiger partial charge on any atom is -0.378 e. The lowest BCUT2D eigenvalue weighted by Gasteiger charge is -2.28. The highest BCUT2D eigenvalue weighted by atomic mass is 32.1. The van der Waals surface area contributed by atoms with E-state index in [1.165, 1.54) is 0 Å². The van der Waals surface area contributed by atoms with Crippen molar-refractivity contribution in [3.8, 4) is 5.69 Å². The number of carbonyl (C=O) groups is 1. The van der Waals surface area contributed by atoms with Crippen LogP contribution >= 0.6 is 12.2 Å². The zero-order valence-corrected chi connectivity index (χ0v) is 23.6. The normalized spacial score (nSPS) is 16.7. The third-order valence-electron chi connectivity index (χ3n) is 7.25. The Hall–Kier alpha value is -4.17. The predicted molar refractivity (Wildman–Crippen MR) is 161 cm³/mol. The number of pyridine rings is 1. The number of hydrogen-bond acceptors (Lipinski definition) is 4. The van der Waals surface area contributed by atoms with Crippen molar-refractivity contribution in [1.29, 1.82) is 0 Å². The van der Waals surface area contributed by atoms with Crippen LogP contribution in [0.2, 0.25) is 0 Å². The first-order chi connectivity index (χ1) is 18.8. The molecule has 2 atom stereocenters. The summed E-state index contributed by atoms with van der Waals surface area (Å²) in [6.45, 7) is 4.77. The van der Waals surface area contributed by atoms with Gasteiger partial charge in [-0.1, -0.05) is 24.3 Å². The van der Waals surface area contributed by atoms with E-state index in [2.05, 4.69) is 74.2 Å². The van der Waals surface area contributed by atoms with Crippen LogP contribution in [0.1, 0.15) is 41.1 Å². The molecule has 200 valence electrons. The van der Waals surface area contributed by atoms with E-state index in [1.807, 2.05) is 68.8 Å². The molecule has 1 aliphatic heterocycles. The minimum atomic E-state index is -0.138. The Kier molecular flexibility index (Phi) is 7.65. The average molecular weight is 539 g/mol. The van der Waals surface area contributed by atoms with Gasteiger partial charge < -0.3 is 25.0 Å². The third kappa shape index (κ3) is 5.52. The predicted octanol–water partition coefficient (Wildman–Crippen LogP) is 5.56. The summed E-state index contributed by atoms with van der Waals surface area (Å²) < 4.78 is 2.28. The van der Waals surface area contributed by atoms with Crippen molar-refractivity contribution in [3.05, 3.63) is 108 Å². The van der Waals surface area contributed by atoms with Gasteiger partial charge in [0.05, 0.1) is 17.8 Å². The topological polar surface area (TPSA) is 65.4 Å². The second-order valence-electron chi connectivity index (χ2n) is 10.1. The van der Waals surface area contributed by atoms with Crippen LogP contribution in [-0.4, -0.2) is 46.1 Å². The molecule has 0 radical (unpaired) electrons. The summed E-state index contributed by atoms with van der Waals surface area (Å²) in [7, 11) is 4.09. The molecule has 1 aliphatic rings. The summed E-state index contributed by atoms with van der Waals surface area (Å²) in [5.74, 6) is -0.0458. The van der Waals surface area contributed by atoms with Crippen molar-refractivity contribution < 1.29 is 4.79 Å². The number of nitrogens with zero attached hydrogens (tertiary/aromatic N) is 4. The first-order valence-corrected chi connectivity index (χ1v) is 13.5. The minimum absolute atomic E-state index is 0.0458. The Morgan fingerprint density at radius 2 is 1.74 bits per heavy atom. The molecule has 4 aromatic rings. The van der Waals surface area contributed by atoms with Crippen molar-refractivity contribution in [2.24, 2.45) is 0 Å². The maximum Gasteiger partial charge on any atom is 0.226 e. The number of rotatable bonds is 8. The van der Waals surface area contributed by atoms with Crippen LogP contribution < -0.4 is 15.5 Å². The smallest absolute Gasteiger partial charge is 0.226 e. The Labute approximate surface area is 235 Å². The average Bonchev–Trinajstić information content (AvgIpc) is 3.42. The van der Waals surface area contributed by atoms with Crippen LogP contribution in [0.4, 0.5) is 11.4 Å². The van der Waals surface area contributed by atoms with E-state index in [-0.39, 0.29) is 18.0 Å². The maximum atomic E-state index is 12.8. The van der Waals surface area contributed by atoms with Crippen LogP contribution in [0, 0.1) is 13.8 Å². The number of hydrogen-bond donors (Lipinski definition) is 2. The first-order valence-electron chi connectivity index (χ1n) is 13.1. The van der Waals surface area contributed by atoms with Gasteiger partial charge in [0.15, 0.2) is 5.11 Å². The van der Waals surface area contributed by atoms with Crippen molar-refractivity contribution in [1.82, 2.24) is 19.8 Å². The molecule has 8 heteroatoms. The monoisotopic (exact) mass is 538 g/mol. The molecule has 0 unspecified atom stereocenters. The molecule has 5 rings (SSSR count). The SMILES string of the molecule is Cc1cc([C@@H]2[C@H](c3ccccn3)NC(=S)N2CCC(=O)Nc2ccccc2)c(C)n1-c1ccc(N(C)C)cc1. The van der Waals surface area contributed by atoms with Crippen LogP contribution in [0.15, 0.2) is 85.1 Å². The Morgan fingerprint density at radius 3 is 2.41 bits per heavy atom. The van der Waals surface area contributed by atoms with E-state index in [0.717, 1.165) is 39.7 Å². The van der Waals surface area contributed by atoms with E-state index in [9.17, 15) is 4.79 Å². The van der Waals surface area contributed by atoms with Crippen LogP contribution in [0.3, 0.4) is 0 Å². The molecule has 39 heavy (non-hydrogen) atoms. The van der Waals surface area contributed by atoms with E-state index in [1.54, 1.807) is 0 Å². The van der Waals surface area contributed by atoms with Crippen molar-refractivity contribution in [3.63, 3.8) is 0 Å². The largest absolute Gasteiger partial charge is 0.378 e. The van der Waals surface area contributed by atoms with Crippen LogP contribution in [-0.2, 0) is 4.79 Å². The summed E-state index contributed by atoms with van der Waals surface area (Å²) in [4.78, 5) is 21.7. The number of aryl methyl sites for hydroxylation is 1. The summed E-state index contributed by atoms with van der Waals surface area (Å²) in [5, 5.41) is 7.12. The van der Waals surface area contributed by atoms with Gasteiger partial charge in [-0.25, -0.2) is 0 Å². The highest BCUT2D eigenvalue weighted by Gasteiger charge is 2.41. The number of para-hydroxylation sites is 1. The summed E-state index contributed by atoms with van der Waals surface area (Å²) in [5.41, 5.74) is 7.41. The Morgan fingerprint density at radius 1 is 1.03 bits per heavy atom. The molecule has 2 aromatic carbocycles. The molecule has 1 fully saturated rings. The van der Waals surface area contributed by atoms with E-state index < -0.39 is 0 Å². The van der Waals surface area contributed by atoms with Gasteiger partial charge in [-0.15, -0.1) is 0 Å². The molecule has 2 N–H and O–H groups in total. The van der Waals surface area contributed by atoms with Gasteiger partial charge in [0.1, 0.15) is 0 Å². The highest BCUT2D eigenvalue weighted by molar-refractivity contribution is 7.80. The number of amides is 1. The number of benzene rings is 2. The molecule has 1 amide bonds. The second kappa shape index (κ2) is 11.3. The lowest BCUT2D eigenvalue weighted by molar-refractivity contribution is -0.116. The fourth-order valence-electron chi connectivity index (χ4n) is 5.34. The van der Waals surface area contributed by atoms with Gasteiger partial charge in [0, 0.05) is 61.7 Å². The molecular formula is C31H34N6OS. The molecule has 3 heterocycles. The number of thiocarbonyl (C=S) groups is 1. The van der Waals surface area contributed by atoms with Gasteiger partial charge in [0.25, 0.3) is 0 Å². The molecule has 0 saturated carbocycles. The zero-order valence-electron chi connectivity index (χ0n) is 22.8. The molecule has 7 nitrogen and oxygen atoms in total. The molecule has 0 bridgehead atoms. The van der Waals surface area contributed by atoms with E-state index in [4.69, 9.17) is 12.2 Å². The Bertz CT molecular complexity index is 1450. The lowest BCUT2D eigenvalue weighted by atomic mass is 9.96. The summed E-state index contributed by atoms with van der Waals surface area (Å²) >= 11 is 5.84. The van der Waals surface area contributed by atoms with E-state index >= 15 is 0 Å². The molecular weight excluding hydrogens is 504 g/mol. The van der Waals surface area contributed by atoms with Crippen LogP contribution in [0.25, 0.3) is 5.69 Å². The number of aromatic nitrogens is 2. The number of anilines is 2. The van der Waals surface area contributed by atoms with Crippen molar-refractivity contribution >= 4 is 34.6 Å².